The number of nitrogens with zero attached hydrogens (tertiary/aromatic N) is 4. The number of aromatic nitrogens is 4. The lowest BCUT2D eigenvalue weighted by atomic mass is 9.80. The topological polar surface area (TPSA) is 51.6 Å². The molecule has 1 aliphatic carbocycles. The van der Waals surface area contributed by atoms with Crippen molar-refractivity contribution in [3.8, 4) is 67.5 Å². The molecule has 49 heavy (non-hydrogen) atoms. The van der Waals surface area contributed by atoms with Crippen LogP contribution >= 0.6 is 0 Å². The monoisotopic (exact) mass is 628 g/mol. The fraction of sp³-hybridized carbons (Fsp3) is 0.0667. The van der Waals surface area contributed by atoms with Gasteiger partial charge in [0.15, 0.2) is 17.5 Å². The van der Waals surface area contributed by atoms with Gasteiger partial charge in [0.2, 0.25) is 0 Å². The number of fused-ring (bicyclic) bond motifs is 5. The summed E-state index contributed by atoms with van der Waals surface area (Å²) in [6.45, 7) is 4.70. The number of pyridine rings is 1. The van der Waals surface area contributed by atoms with Crippen molar-refractivity contribution in [3.05, 3.63) is 169 Å². The van der Waals surface area contributed by atoms with Gasteiger partial charge in [-0.25, -0.2) is 15.0 Å². The van der Waals surface area contributed by atoms with Crippen molar-refractivity contribution in [1.82, 2.24) is 19.9 Å². The second-order valence-corrected chi connectivity index (χ2v) is 13.1. The highest BCUT2D eigenvalue weighted by atomic mass is 15.0. The summed E-state index contributed by atoms with van der Waals surface area (Å²) in [5.41, 5.74) is 12.8. The SMILES string of the molecule is CC1(C)c2cccc(-c3ccc(-c4nc(-c5ccncc5)nc(-c5ccc(-c6ccccc6)cc5)n4)cc3)c2-c2ccc3ccccc3c21. The van der Waals surface area contributed by atoms with Crippen LogP contribution in [0.1, 0.15) is 25.0 Å². The molecule has 0 fully saturated rings. The molecule has 0 saturated heterocycles. The van der Waals surface area contributed by atoms with Gasteiger partial charge in [-0.05, 0) is 67.4 Å². The maximum absolute atomic E-state index is 5.00. The lowest BCUT2D eigenvalue weighted by molar-refractivity contribution is 0.666. The van der Waals surface area contributed by atoms with Crippen LogP contribution in [0.15, 0.2) is 158 Å². The number of hydrogen-bond donors (Lipinski definition) is 0. The molecule has 4 heteroatoms. The fourth-order valence-electron chi connectivity index (χ4n) is 7.40. The zero-order valence-corrected chi connectivity index (χ0v) is 27.3. The smallest absolute Gasteiger partial charge is 0.164 e. The van der Waals surface area contributed by atoms with E-state index in [0.29, 0.717) is 17.5 Å². The molecule has 1 aliphatic rings. The van der Waals surface area contributed by atoms with Crippen molar-refractivity contribution in [2.24, 2.45) is 0 Å². The third-order valence-electron chi connectivity index (χ3n) is 9.84. The maximum atomic E-state index is 5.00. The summed E-state index contributed by atoms with van der Waals surface area (Å²) < 4.78 is 0. The Kier molecular flexibility index (Phi) is 6.77. The Bertz CT molecular complexity index is 2490. The third-order valence-corrected chi connectivity index (χ3v) is 9.84. The summed E-state index contributed by atoms with van der Waals surface area (Å²) in [5, 5.41) is 2.61. The van der Waals surface area contributed by atoms with Crippen molar-refractivity contribution in [2.45, 2.75) is 19.3 Å². The Morgan fingerprint density at radius 3 is 1.63 bits per heavy atom. The van der Waals surface area contributed by atoms with E-state index in [0.717, 1.165) is 27.8 Å². The summed E-state index contributed by atoms with van der Waals surface area (Å²) in [5.74, 6) is 1.88. The molecule has 0 spiro atoms. The van der Waals surface area contributed by atoms with E-state index in [1.807, 2.05) is 18.2 Å². The Morgan fingerprint density at radius 1 is 0.408 bits per heavy atom. The molecular weight excluding hydrogens is 597 g/mol. The third kappa shape index (κ3) is 4.92. The van der Waals surface area contributed by atoms with Crippen LogP contribution in [0.25, 0.3) is 78.3 Å². The molecule has 4 nitrogen and oxygen atoms in total. The molecule has 232 valence electrons. The lowest BCUT2D eigenvalue weighted by Crippen LogP contribution is -2.15. The van der Waals surface area contributed by atoms with Crippen molar-refractivity contribution in [1.29, 1.82) is 0 Å². The Morgan fingerprint density at radius 2 is 0.959 bits per heavy atom. The van der Waals surface area contributed by atoms with Crippen LogP contribution in [0.2, 0.25) is 0 Å². The average molecular weight is 629 g/mol. The standard InChI is InChI=1S/C45H32N4/c1-45(2)39-14-8-13-36(40(39)38-24-23-31-11-6-7-12-37(31)41(38)45)32-17-21-34(22-18-32)43-47-42(48-44(49-43)35-25-27-46-28-26-35)33-19-15-30(16-20-33)29-9-4-3-5-10-29/h3-28H,1-2H3. The minimum absolute atomic E-state index is 0.106. The van der Waals surface area contributed by atoms with Crippen LogP contribution in [0.4, 0.5) is 0 Å². The van der Waals surface area contributed by atoms with E-state index in [1.54, 1.807) is 12.4 Å². The summed E-state index contributed by atoms with van der Waals surface area (Å²) in [4.78, 5) is 19.1. The van der Waals surface area contributed by atoms with E-state index in [1.165, 1.54) is 44.2 Å². The molecule has 0 atom stereocenters. The first-order valence-corrected chi connectivity index (χ1v) is 16.6. The Labute approximate surface area is 285 Å². The summed E-state index contributed by atoms with van der Waals surface area (Å²) in [7, 11) is 0. The van der Waals surface area contributed by atoms with Crippen molar-refractivity contribution in [3.63, 3.8) is 0 Å². The molecule has 0 aliphatic heterocycles. The van der Waals surface area contributed by atoms with Gasteiger partial charge in [0.05, 0.1) is 0 Å². The van der Waals surface area contributed by atoms with E-state index in [2.05, 4.69) is 146 Å². The van der Waals surface area contributed by atoms with Crippen molar-refractivity contribution in [2.75, 3.05) is 0 Å². The van der Waals surface area contributed by atoms with Crippen LogP contribution in [0.5, 0.6) is 0 Å². The first-order chi connectivity index (χ1) is 24.0. The van der Waals surface area contributed by atoms with Crippen molar-refractivity contribution >= 4 is 10.8 Å². The molecule has 9 rings (SSSR count). The summed E-state index contributed by atoms with van der Waals surface area (Å²) in [6.07, 6.45) is 3.53. The van der Waals surface area contributed by atoms with Gasteiger partial charge in [-0.1, -0.05) is 147 Å². The van der Waals surface area contributed by atoms with Gasteiger partial charge in [-0.15, -0.1) is 0 Å². The molecule has 8 aromatic rings. The second-order valence-electron chi connectivity index (χ2n) is 13.1. The molecule has 0 saturated carbocycles. The highest BCUT2D eigenvalue weighted by Gasteiger charge is 2.38. The number of hydrogen-bond acceptors (Lipinski definition) is 4. The van der Waals surface area contributed by atoms with Gasteiger partial charge in [-0.3, -0.25) is 4.98 Å². The zero-order valence-electron chi connectivity index (χ0n) is 27.3. The highest BCUT2D eigenvalue weighted by Crippen LogP contribution is 2.54. The van der Waals surface area contributed by atoms with Crippen LogP contribution in [0.3, 0.4) is 0 Å². The highest BCUT2D eigenvalue weighted by molar-refractivity contribution is 6.01. The van der Waals surface area contributed by atoms with Gasteiger partial charge < -0.3 is 0 Å². The molecule has 0 bridgehead atoms. The summed E-state index contributed by atoms with van der Waals surface area (Å²) in [6, 6.07) is 51.3. The first-order valence-electron chi connectivity index (χ1n) is 16.6. The predicted molar refractivity (Wildman–Crippen MR) is 200 cm³/mol. The van der Waals surface area contributed by atoms with Gasteiger partial charge in [0, 0.05) is 34.5 Å². The molecule has 2 heterocycles. The van der Waals surface area contributed by atoms with E-state index < -0.39 is 0 Å². The number of rotatable bonds is 5. The second kappa shape index (κ2) is 11.5. The van der Waals surface area contributed by atoms with Crippen LogP contribution in [-0.2, 0) is 5.41 Å². The van der Waals surface area contributed by atoms with Gasteiger partial charge in [0.25, 0.3) is 0 Å². The first kappa shape index (κ1) is 28.9. The zero-order chi connectivity index (χ0) is 33.0. The summed E-state index contributed by atoms with van der Waals surface area (Å²) >= 11 is 0. The molecule has 2 aromatic heterocycles. The lowest BCUT2D eigenvalue weighted by Gasteiger charge is -2.23. The van der Waals surface area contributed by atoms with E-state index >= 15 is 0 Å². The van der Waals surface area contributed by atoms with E-state index in [4.69, 9.17) is 15.0 Å². The molecular formula is C45H32N4. The minimum Gasteiger partial charge on any atom is -0.265 e. The largest absolute Gasteiger partial charge is 0.265 e. The van der Waals surface area contributed by atoms with Crippen LogP contribution in [0, 0.1) is 0 Å². The normalized spacial score (nSPS) is 12.9. The molecule has 0 radical (unpaired) electrons. The molecule has 6 aromatic carbocycles. The Hall–Kier alpha value is -6.26. The van der Waals surface area contributed by atoms with E-state index in [9.17, 15) is 0 Å². The van der Waals surface area contributed by atoms with Crippen LogP contribution in [-0.4, -0.2) is 19.9 Å². The van der Waals surface area contributed by atoms with Gasteiger partial charge in [0.1, 0.15) is 0 Å². The van der Waals surface area contributed by atoms with Gasteiger partial charge in [-0.2, -0.15) is 0 Å². The molecule has 0 unspecified atom stereocenters. The Balaban J connectivity index is 1.13. The predicted octanol–water partition coefficient (Wildman–Crippen LogP) is 11.1. The minimum atomic E-state index is -0.106. The van der Waals surface area contributed by atoms with Crippen LogP contribution < -0.4 is 0 Å². The average Bonchev–Trinajstić information content (AvgIpc) is 3.42. The quantitative estimate of drug-likeness (QED) is 0.190. The fourth-order valence-corrected chi connectivity index (χ4v) is 7.40. The number of benzene rings is 6. The van der Waals surface area contributed by atoms with Crippen molar-refractivity contribution < 1.29 is 0 Å². The maximum Gasteiger partial charge on any atom is 0.164 e. The molecule has 0 N–H and O–H groups in total. The van der Waals surface area contributed by atoms with Gasteiger partial charge >= 0.3 is 0 Å². The van der Waals surface area contributed by atoms with E-state index in [-0.39, 0.29) is 5.41 Å². The molecule has 0 amide bonds.